The normalized spacial score (nSPS) is 14.4. The third kappa shape index (κ3) is 5.60. The maximum Gasteiger partial charge on any atom is 0.294 e. The van der Waals surface area contributed by atoms with Crippen molar-refractivity contribution >= 4 is 39.3 Å². The van der Waals surface area contributed by atoms with E-state index in [0.717, 1.165) is 17.1 Å². The van der Waals surface area contributed by atoms with Crippen LogP contribution in [0.5, 0.6) is 0 Å². The summed E-state index contributed by atoms with van der Waals surface area (Å²) in [4.78, 5) is 14.9. The highest BCUT2D eigenvalue weighted by atomic mass is 32.2. The van der Waals surface area contributed by atoms with Gasteiger partial charge in [0, 0.05) is 24.3 Å². The summed E-state index contributed by atoms with van der Waals surface area (Å²) < 4.78 is 27.1. The first kappa shape index (κ1) is 21.0. The van der Waals surface area contributed by atoms with Crippen molar-refractivity contribution in [2.45, 2.75) is 34.1 Å². The van der Waals surface area contributed by atoms with E-state index in [9.17, 15) is 13.2 Å². The summed E-state index contributed by atoms with van der Waals surface area (Å²) in [5.41, 5.74) is 1.79. The van der Waals surface area contributed by atoms with E-state index in [0.29, 0.717) is 30.9 Å². The number of rotatable bonds is 8. The van der Waals surface area contributed by atoms with Gasteiger partial charge in [0.05, 0.1) is 11.4 Å². The van der Waals surface area contributed by atoms with Crippen molar-refractivity contribution in [3.05, 3.63) is 23.8 Å². The Kier molecular flexibility index (Phi) is 6.95. The maximum absolute atomic E-state index is 12.3. The van der Waals surface area contributed by atoms with Crippen LogP contribution >= 0.6 is 11.8 Å². The van der Waals surface area contributed by atoms with Gasteiger partial charge in [0.15, 0.2) is 0 Å². The van der Waals surface area contributed by atoms with Gasteiger partial charge in [0.25, 0.3) is 10.2 Å². The predicted octanol–water partition coefficient (Wildman–Crippen LogP) is 2.13. The molecule has 0 saturated heterocycles. The molecule has 0 radical (unpaired) electrons. The Labute approximate surface area is 160 Å². The molecule has 7 nitrogen and oxygen atoms in total. The lowest BCUT2D eigenvalue weighted by molar-refractivity contribution is -0.123. The molecule has 2 rings (SSSR count). The van der Waals surface area contributed by atoms with Gasteiger partial charge in [-0.1, -0.05) is 39.8 Å². The van der Waals surface area contributed by atoms with Crippen LogP contribution in [-0.2, 0) is 21.4 Å². The molecule has 0 fully saturated rings. The van der Waals surface area contributed by atoms with Crippen LogP contribution in [0.3, 0.4) is 0 Å². The average Bonchev–Trinajstić information content (AvgIpc) is 2.94. The zero-order valence-electron chi connectivity index (χ0n) is 15.8. The van der Waals surface area contributed by atoms with Crippen LogP contribution in [0.2, 0.25) is 0 Å². The van der Waals surface area contributed by atoms with Crippen molar-refractivity contribution in [3.63, 3.8) is 0 Å². The molecule has 0 atom stereocenters. The van der Waals surface area contributed by atoms with Crippen LogP contribution in [0.4, 0.5) is 11.4 Å². The number of hydrogen-bond donors (Lipinski definition) is 3. The number of carbonyl (C=O) groups is 1. The third-order valence-electron chi connectivity index (χ3n) is 3.90. The van der Waals surface area contributed by atoms with Gasteiger partial charge in [0.2, 0.25) is 5.91 Å². The molecule has 1 aliphatic rings. The highest BCUT2D eigenvalue weighted by Crippen LogP contribution is 2.35. The Bertz CT molecular complexity index is 745. The van der Waals surface area contributed by atoms with E-state index in [-0.39, 0.29) is 5.91 Å². The molecule has 1 aliphatic heterocycles. The standard InChI is InChI=1S/C17H28N4O3S2/c1-5-25-12-10-18-26(23,24)20-21-11-9-13-7-6-8-14(15(13)21)19-16(22)17(2,3)4/h6-8,18,20H,5,9-12H2,1-4H3,(H,19,22). The summed E-state index contributed by atoms with van der Waals surface area (Å²) in [6.45, 7) is 8.43. The second-order valence-electron chi connectivity index (χ2n) is 7.11. The number of para-hydroxylation sites is 1. The Morgan fingerprint density at radius 2 is 2.04 bits per heavy atom. The number of thioether (sulfide) groups is 1. The largest absolute Gasteiger partial charge is 0.324 e. The van der Waals surface area contributed by atoms with Crippen molar-refractivity contribution in [2.24, 2.45) is 5.41 Å². The summed E-state index contributed by atoms with van der Waals surface area (Å²) >= 11 is 1.68. The van der Waals surface area contributed by atoms with Crippen molar-refractivity contribution < 1.29 is 13.2 Å². The van der Waals surface area contributed by atoms with E-state index in [1.165, 1.54) is 0 Å². The van der Waals surface area contributed by atoms with Crippen molar-refractivity contribution in [1.29, 1.82) is 0 Å². The molecule has 146 valence electrons. The van der Waals surface area contributed by atoms with Gasteiger partial charge >= 0.3 is 0 Å². The first-order chi connectivity index (χ1) is 12.1. The number of nitrogens with zero attached hydrogens (tertiary/aromatic N) is 1. The quantitative estimate of drug-likeness (QED) is 0.582. The number of benzene rings is 1. The fourth-order valence-corrected chi connectivity index (χ4v) is 4.10. The zero-order valence-corrected chi connectivity index (χ0v) is 17.4. The van der Waals surface area contributed by atoms with Gasteiger partial charge in [0.1, 0.15) is 0 Å². The Morgan fingerprint density at radius 1 is 1.31 bits per heavy atom. The monoisotopic (exact) mass is 400 g/mol. The zero-order chi connectivity index (χ0) is 19.4. The van der Waals surface area contributed by atoms with Gasteiger partial charge in [-0.25, -0.2) is 4.72 Å². The number of nitrogens with one attached hydrogen (secondary N) is 3. The lowest BCUT2D eigenvalue weighted by Gasteiger charge is -2.25. The topological polar surface area (TPSA) is 90.5 Å². The van der Waals surface area contributed by atoms with Crippen LogP contribution in [0, 0.1) is 5.41 Å². The molecule has 0 aromatic heterocycles. The van der Waals surface area contributed by atoms with Gasteiger partial charge in [-0.05, 0) is 23.8 Å². The highest BCUT2D eigenvalue weighted by Gasteiger charge is 2.28. The van der Waals surface area contributed by atoms with E-state index < -0.39 is 15.6 Å². The molecule has 1 amide bonds. The predicted molar refractivity (Wildman–Crippen MR) is 109 cm³/mol. The molecule has 0 aliphatic carbocycles. The molecule has 0 spiro atoms. The van der Waals surface area contributed by atoms with Gasteiger partial charge in [-0.15, -0.1) is 4.83 Å². The van der Waals surface area contributed by atoms with Crippen LogP contribution < -0.4 is 19.9 Å². The van der Waals surface area contributed by atoms with E-state index in [2.05, 4.69) is 14.9 Å². The molecule has 3 N–H and O–H groups in total. The third-order valence-corrected chi connectivity index (χ3v) is 5.84. The van der Waals surface area contributed by atoms with Gasteiger partial charge in [-0.2, -0.15) is 20.2 Å². The van der Waals surface area contributed by atoms with Crippen LogP contribution in [0.25, 0.3) is 0 Å². The summed E-state index contributed by atoms with van der Waals surface area (Å²) in [5, 5.41) is 4.50. The molecule has 26 heavy (non-hydrogen) atoms. The second kappa shape index (κ2) is 8.60. The number of carbonyl (C=O) groups excluding carboxylic acids is 1. The molecule has 0 saturated carbocycles. The molecule has 9 heteroatoms. The first-order valence-electron chi connectivity index (χ1n) is 8.69. The van der Waals surface area contributed by atoms with Crippen molar-refractivity contribution in [3.8, 4) is 0 Å². The molecule has 0 unspecified atom stereocenters. The lowest BCUT2D eigenvalue weighted by Crippen LogP contribution is -2.48. The van der Waals surface area contributed by atoms with Crippen LogP contribution in [-0.4, -0.2) is 38.9 Å². The summed E-state index contributed by atoms with van der Waals surface area (Å²) in [7, 11) is -3.66. The number of hydrogen-bond acceptors (Lipinski definition) is 5. The van der Waals surface area contributed by atoms with Crippen LogP contribution in [0.15, 0.2) is 18.2 Å². The van der Waals surface area contributed by atoms with Gasteiger partial charge < -0.3 is 5.32 Å². The maximum atomic E-state index is 12.3. The minimum atomic E-state index is -3.66. The minimum absolute atomic E-state index is 0.115. The molecule has 1 aromatic carbocycles. The highest BCUT2D eigenvalue weighted by molar-refractivity contribution is 7.99. The summed E-state index contributed by atoms with van der Waals surface area (Å²) in [6, 6.07) is 5.61. The number of anilines is 2. The van der Waals surface area contributed by atoms with Crippen LogP contribution in [0.1, 0.15) is 33.3 Å². The molecule has 0 bridgehead atoms. The van der Waals surface area contributed by atoms with Crippen molar-refractivity contribution in [1.82, 2.24) is 9.55 Å². The number of hydrazine groups is 1. The summed E-state index contributed by atoms with van der Waals surface area (Å²) in [6.07, 6.45) is 0.711. The Balaban J connectivity index is 2.13. The smallest absolute Gasteiger partial charge is 0.294 e. The summed E-state index contributed by atoms with van der Waals surface area (Å²) in [5.74, 6) is 1.56. The minimum Gasteiger partial charge on any atom is -0.324 e. The number of fused-ring (bicyclic) bond motifs is 1. The van der Waals surface area contributed by atoms with E-state index in [1.807, 2.05) is 39.8 Å². The number of amides is 1. The molecular weight excluding hydrogens is 372 g/mol. The average molecular weight is 401 g/mol. The fourth-order valence-electron chi connectivity index (χ4n) is 2.53. The van der Waals surface area contributed by atoms with Gasteiger partial charge in [-0.3, -0.25) is 9.80 Å². The van der Waals surface area contributed by atoms with E-state index >= 15 is 0 Å². The van der Waals surface area contributed by atoms with Crippen molar-refractivity contribution in [2.75, 3.05) is 34.9 Å². The molecule has 1 aromatic rings. The van der Waals surface area contributed by atoms with E-state index in [4.69, 9.17) is 0 Å². The Morgan fingerprint density at radius 3 is 2.69 bits per heavy atom. The first-order valence-corrected chi connectivity index (χ1v) is 11.3. The lowest BCUT2D eigenvalue weighted by atomic mass is 9.95. The second-order valence-corrected chi connectivity index (χ2v) is 9.98. The fraction of sp³-hybridized carbons (Fsp3) is 0.588. The van der Waals surface area contributed by atoms with E-state index in [1.54, 1.807) is 22.8 Å². The molecular formula is C17H28N4O3S2. The Hall–Kier alpha value is -1.29. The molecule has 1 heterocycles. The SMILES string of the molecule is CCSCCNS(=O)(=O)NN1CCc2cccc(NC(=O)C(C)(C)C)c21.